The van der Waals surface area contributed by atoms with Crippen molar-refractivity contribution in [3.8, 4) is 11.4 Å². The molecule has 0 aromatic carbocycles. The molecule has 1 amide bonds. The van der Waals surface area contributed by atoms with Gasteiger partial charge in [0.15, 0.2) is 0 Å². The Bertz CT molecular complexity index is 1260. The highest BCUT2D eigenvalue weighted by atomic mass is 32.1. The lowest BCUT2D eigenvalue weighted by Crippen LogP contribution is -2.11. The maximum atomic E-state index is 12.2. The third-order valence-electron chi connectivity index (χ3n) is 4.03. The number of imidazole rings is 1. The predicted molar refractivity (Wildman–Crippen MR) is 110 cm³/mol. The highest BCUT2D eigenvalue weighted by molar-refractivity contribution is 7.16. The fraction of sp³-hybridized carbons (Fsp3) is 0.0526. The van der Waals surface area contributed by atoms with E-state index in [4.69, 9.17) is 0 Å². The number of hydrogen-bond acceptors (Lipinski definition) is 7. The van der Waals surface area contributed by atoms with Crippen LogP contribution in [0.15, 0.2) is 54.9 Å². The van der Waals surface area contributed by atoms with Crippen molar-refractivity contribution < 1.29 is 9.72 Å². The first-order valence-corrected chi connectivity index (χ1v) is 9.33. The molecule has 0 aliphatic rings. The van der Waals surface area contributed by atoms with Crippen LogP contribution in [0.4, 0.5) is 10.9 Å². The van der Waals surface area contributed by atoms with Crippen LogP contribution in [0.5, 0.6) is 0 Å². The Morgan fingerprint density at radius 2 is 2.10 bits per heavy atom. The number of aromatic nitrogens is 4. The number of hydrogen-bond donors (Lipinski definition) is 1. The molecule has 0 aliphatic carbocycles. The number of fused-ring (bicyclic) bond motifs is 1. The average Bonchev–Trinajstić information content (AvgIpc) is 3.30. The van der Waals surface area contributed by atoms with E-state index in [1.54, 1.807) is 18.3 Å². The van der Waals surface area contributed by atoms with Gasteiger partial charge in [0.05, 0.1) is 22.0 Å². The van der Waals surface area contributed by atoms with Crippen LogP contribution in [0.3, 0.4) is 0 Å². The SMILES string of the molecule is Cc1nc2ccccn2c1-c1ccnc(NC(=O)/C=C/c2ccc([N+](=O)[O-])s2)n1. The summed E-state index contributed by atoms with van der Waals surface area (Å²) < 4.78 is 1.92. The number of nitrogens with zero attached hydrogens (tertiary/aromatic N) is 5. The molecular weight excluding hydrogens is 392 g/mol. The molecule has 0 spiro atoms. The summed E-state index contributed by atoms with van der Waals surface area (Å²) in [7, 11) is 0. The maximum Gasteiger partial charge on any atom is 0.324 e. The number of carbonyl (C=O) groups excluding carboxylic acids is 1. The predicted octanol–water partition coefficient (Wildman–Crippen LogP) is 3.72. The Kier molecular flexibility index (Phi) is 4.83. The molecule has 0 fully saturated rings. The van der Waals surface area contributed by atoms with Gasteiger partial charge >= 0.3 is 5.00 Å². The molecule has 9 nitrogen and oxygen atoms in total. The Morgan fingerprint density at radius 3 is 2.90 bits per heavy atom. The van der Waals surface area contributed by atoms with E-state index in [-0.39, 0.29) is 10.9 Å². The fourth-order valence-electron chi connectivity index (χ4n) is 2.81. The number of anilines is 1. The Labute approximate surface area is 168 Å². The molecule has 4 aromatic heterocycles. The first-order valence-electron chi connectivity index (χ1n) is 8.51. The number of carbonyl (C=O) groups is 1. The molecule has 10 heteroatoms. The van der Waals surface area contributed by atoms with Gasteiger partial charge in [0.1, 0.15) is 5.65 Å². The molecule has 0 saturated carbocycles. The average molecular weight is 406 g/mol. The minimum absolute atomic E-state index is 0.0181. The van der Waals surface area contributed by atoms with Crippen LogP contribution in [0.2, 0.25) is 0 Å². The molecule has 144 valence electrons. The summed E-state index contributed by atoms with van der Waals surface area (Å²) in [5, 5.41) is 13.3. The van der Waals surface area contributed by atoms with Crippen molar-refractivity contribution in [1.29, 1.82) is 0 Å². The van der Waals surface area contributed by atoms with Gasteiger partial charge in [0, 0.05) is 29.4 Å². The van der Waals surface area contributed by atoms with Gasteiger partial charge in [-0.05, 0) is 37.3 Å². The lowest BCUT2D eigenvalue weighted by Gasteiger charge is -2.05. The lowest BCUT2D eigenvalue weighted by molar-refractivity contribution is -0.380. The van der Waals surface area contributed by atoms with Gasteiger partial charge in [0.25, 0.3) is 5.91 Å². The summed E-state index contributed by atoms with van der Waals surface area (Å²) in [6.45, 7) is 1.89. The Hall–Kier alpha value is -3.92. The second kappa shape index (κ2) is 7.60. The Balaban J connectivity index is 1.54. The number of aryl methyl sites for hydroxylation is 1. The second-order valence-electron chi connectivity index (χ2n) is 6.00. The van der Waals surface area contributed by atoms with Gasteiger partial charge in [-0.25, -0.2) is 15.0 Å². The van der Waals surface area contributed by atoms with E-state index >= 15 is 0 Å². The van der Waals surface area contributed by atoms with Crippen molar-refractivity contribution in [2.45, 2.75) is 6.92 Å². The third-order valence-corrected chi connectivity index (χ3v) is 5.03. The van der Waals surface area contributed by atoms with Crippen molar-refractivity contribution in [3.05, 3.63) is 75.6 Å². The van der Waals surface area contributed by atoms with E-state index in [2.05, 4.69) is 20.3 Å². The molecule has 0 aliphatic heterocycles. The Morgan fingerprint density at radius 1 is 1.24 bits per heavy atom. The molecule has 0 radical (unpaired) electrons. The molecule has 0 atom stereocenters. The smallest absolute Gasteiger partial charge is 0.298 e. The number of rotatable bonds is 5. The zero-order valence-electron chi connectivity index (χ0n) is 15.1. The zero-order chi connectivity index (χ0) is 20.4. The van der Waals surface area contributed by atoms with Crippen molar-refractivity contribution in [1.82, 2.24) is 19.4 Å². The fourth-order valence-corrected chi connectivity index (χ4v) is 3.54. The van der Waals surface area contributed by atoms with Crippen LogP contribution in [0.25, 0.3) is 23.1 Å². The van der Waals surface area contributed by atoms with Gasteiger partial charge in [0.2, 0.25) is 5.95 Å². The van der Waals surface area contributed by atoms with Crippen molar-refractivity contribution in [2.24, 2.45) is 0 Å². The quantitative estimate of drug-likeness (QED) is 0.307. The number of pyridine rings is 1. The van der Waals surface area contributed by atoms with Crippen molar-refractivity contribution in [2.75, 3.05) is 5.32 Å². The molecule has 0 saturated heterocycles. The highest BCUT2D eigenvalue weighted by Gasteiger charge is 2.13. The molecule has 4 rings (SSSR count). The second-order valence-corrected chi connectivity index (χ2v) is 7.09. The summed E-state index contributed by atoms with van der Waals surface area (Å²) >= 11 is 0.986. The summed E-state index contributed by atoms with van der Waals surface area (Å²) in [6.07, 6.45) is 6.25. The van der Waals surface area contributed by atoms with Gasteiger partial charge in [-0.3, -0.25) is 24.6 Å². The van der Waals surface area contributed by atoms with E-state index in [1.165, 1.54) is 18.2 Å². The van der Waals surface area contributed by atoms with Crippen LogP contribution >= 0.6 is 11.3 Å². The zero-order valence-corrected chi connectivity index (χ0v) is 16.0. The van der Waals surface area contributed by atoms with Gasteiger partial charge in [-0.2, -0.15) is 0 Å². The van der Waals surface area contributed by atoms with Crippen molar-refractivity contribution >= 4 is 39.9 Å². The van der Waals surface area contributed by atoms with Gasteiger partial charge in [-0.15, -0.1) is 0 Å². The first-order chi connectivity index (χ1) is 14.0. The van der Waals surface area contributed by atoms with Crippen molar-refractivity contribution in [3.63, 3.8) is 0 Å². The number of thiophene rings is 1. The standard InChI is InChI=1S/C19H14N6O3S/c1-12-18(24-11-3-2-4-15(24)21-12)14-9-10-20-19(22-14)23-16(26)7-5-13-6-8-17(29-13)25(27)28/h2-11H,1H3,(H,20,22,23,26)/b7-5+. The number of amides is 1. The molecule has 0 bridgehead atoms. The van der Waals surface area contributed by atoms with Crippen LogP contribution in [0, 0.1) is 17.0 Å². The normalized spacial score (nSPS) is 11.2. The van der Waals surface area contributed by atoms with E-state index in [9.17, 15) is 14.9 Å². The monoisotopic (exact) mass is 406 g/mol. The lowest BCUT2D eigenvalue weighted by atomic mass is 10.2. The summed E-state index contributed by atoms with van der Waals surface area (Å²) in [5.41, 5.74) is 3.06. The molecule has 29 heavy (non-hydrogen) atoms. The summed E-state index contributed by atoms with van der Waals surface area (Å²) in [6, 6.07) is 10.4. The van der Waals surface area contributed by atoms with E-state index in [0.29, 0.717) is 10.6 Å². The van der Waals surface area contributed by atoms with E-state index in [1.807, 2.05) is 35.7 Å². The molecule has 0 unspecified atom stereocenters. The summed E-state index contributed by atoms with van der Waals surface area (Å²) in [4.78, 5) is 36.1. The van der Waals surface area contributed by atoms with E-state index < -0.39 is 10.8 Å². The van der Waals surface area contributed by atoms with Crippen LogP contribution < -0.4 is 5.32 Å². The molecule has 4 heterocycles. The van der Waals surface area contributed by atoms with Crippen LogP contribution in [-0.2, 0) is 4.79 Å². The molecule has 1 N–H and O–H groups in total. The third kappa shape index (κ3) is 3.87. The van der Waals surface area contributed by atoms with Gasteiger partial charge < -0.3 is 0 Å². The molecule has 4 aromatic rings. The van der Waals surface area contributed by atoms with Crippen LogP contribution in [0.1, 0.15) is 10.6 Å². The van der Waals surface area contributed by atoms with Gasteiger partial charge in [-0.1, -0.05) is 17.4 Å². The highest BCUT2D eigenvalue weighted by Crippen LogP contribution is 2.25. The minimum Gasteiger partial charge on any atom is -0.298 e. The van der Waals surface area contributed by atoms with E-state index in [0.717, 1.165) is 28.4 Å². The summed E-state index contributed by atoms with van der Waals surface area (Å²) in [5.74, 6) is -0.285. The maximum absolute atomic E-state index is 12.2. The van der Waals surface area contributed by atoms with Crippen LogP contribution in [-0.4, -0.2) is 30.2 Å². The first kappa shape index (κ1) is 18.4. The minimum atomic E-state index is -0.469. The number of nitro groups is 1. The topological polar surface area (TPSA) is 115 Å². The number of nitrogens with one attached hydrogen (secondary N) is 1. The largest absolute Gasteiger partial charge is 0.324 e. The molecular formula is C19H14N6O3S.